The normalized spacial score (nSPS) is 11.0. The molecule has 6 heteroatoms. The summed E-state index contributed by atoms with van der Waals surface area (Å²) < 4.78 is 22.2. The van der Waals surface area contributed by atoms with Crippen LogP contribution < -0.4 is 0 Å². The zero-order chi connectivity index (χ0) is 10.9. The van der Waals surface area contributed by atoms with Crippen LogP contribution in [0.3, 0.4) is 0 Å². The van der Waals surface area contributed by atoms with Crippen LogP contribution in [0.2, 0.25) is 0 Å². The number of thiol groups is 1. The van der Waals surface area contributed by atoms with E-state index in [4.69, 9.17) is 15.9 Å². The first-order valence-corrected chi connectivity index (χ1v) is 6.30. The Bertz CT molecular complexity index is 517. The maximum atomic E-state index is 11.1. The third kappa shape index (κ3) is 2.21. The van der Waals surface area contributed by atoms with Crippen molar-refractivity contribution < 1.29 is 8.42 Å². The molecule has 3 nitrogen and oxygen atoms in total. The van der Waals surface area contributed by atoms with Crippen LogP contribution in [0.15, 0.2) is 21.9 Å². The Morgan fingerprint density at radius 2 is 2.07 bits per heavy atom. The zero-order valence-electron chi connectivity index (χ0n) is 7.15. The number of aryl methyl sites for hydroxylation is 1. The molecule has 0 aliphatic heterocycles. The van der Waals surface area contributed by atoms with Gasteiger partial charge < -0.3 is 0 Å². The maximum absolute atomic E-state index is 11.1. The lowest BCUT2D eigenvalue weighted by Gasteiger charge is -2.04. The molecule has 0 saturated heterocycles. The minimum absolute atomic E-state index is 0.0195. The van der Waals surface area contributed by atoms with Crippen molar-refractivity contribution in [1.29, 1.82) is 5.26 Å². The van der Waals surface area contributed by atoms with Gasteiger partial charge in [0.05, 0.1) is 5.56 Å². The van der Waals surface area contributed by atoms with Gasteiger partial charge in [-0.1, -0.05) is 0 Å². The molecule has 14 heavy (non-hydrogen) atoms. The molecule has 0 amide bonds. The van der Waals surface area contributed by atoms with Gasteiger partial charge in [-0.25, -0.2) is 8.42 Å². The van der Waals surface area contributed by atoms with Crippen LogP contribution in [0.5, 0.6) is 0 Å². The highest BCUT2D eigenvalue weighted by Gasteiger charge is 2.18. The first kappa shape index (κ1) is 11.4. The molecule has 0 bridgehead atoms. The molecule has 0 atom stereocenters. The lowest BCUT2D eigenvalue weighted by molar-refractivity contribution is 0.609. The average molecular weight is 248 g/mol. The fourth-order valence-corrected chi connectivity index (χ4v) is 2.58. The highest BCUT2D eigenvalue weighted by molar-refractivity contribution is 8.13. The summed E-state index contributed by atoms with van der Waals surface area (Å²) >= 11 is 4.00. The van der Waals surface area contributed by atoms with Crippen molar-refractivity contribution >= 4 is 32.4 Å². The van der Waals surface area contributed by atoms with Crippen molar-refractivity contribution in [1.82, 2.24) is 0 Å². The molecule has 1 aromatic carbocycles. The average Bonchev–Trinajstić information content (AvgIpc) is 2.01. The van der Waals surface area contributed by atoms with Gasteiger partial charge in [-0.3, -0.25) is 0 Å². The number of nitriles is 1. The second kappa shape index (κ2) is 3.81. The number of halogens is 1. The predicted molar refractivity (Wildman–Crippen MR) is 56.2 cm³/mol. The Labute approximate surface area is 92.1 Å². The van der Waals surface area contributed by atoms with Crippen molar-refractivity contribution in [3.8, 4) is 6.07 Å². The van der Waals surface area contributed by atoms with Gasteiger partial charge in [-0.15, -0.1) is 12.6 Å². The molecule has 0 unspecified atom stereocenters. The third-order valence-electron chi connectivity index (χ3n) is 1.60. The van der Waals surface area contributed by atoms with Gasteiger partial charge in [0.2, 0.25) is 0 Å². The lowest BCUT2D eigenvalue weighted by Crippen LogP contribution is -1.97. The standard InChI is InChI=1S/C8H6ClNO2S2/c1-5-2-7(13)6(4-10)8(3-5)14(9,11)12/h2-3,13H,1H3. The summed E-state index contributed by atoms with van der Waals surface area (Å²) in [4.78, 5) is 0.124. The van der Waals surface area contributed by atoms with Crippen molar-refractivity contribution in [2.75, 3.05) is 0 Å². The minimum atomic E-state index is -3.89. The molecule has 1 rings (SSSR count). The van der Waals surface area contributed by atoms with E-state index in [2.05, 4.69) is 12.6 Å². The van der Waals surface area contributed by atoms with Crippen molar-refractivity contribution in [3.63, 3.8) is 0 Å². The highest BCUT2D eigenvalue weighted by atomic mass is 35.7. The Kier molecular flexibility index (Phi) is 3.10. The Balaban J connectivity index is 3.68. The second-order valence-electron chi connectivity index (χ2n) is 2.71. The first-order valence-electron chi connectivity index (χ1n) is 3.54. The van der Waals surface area contributed by atoms with E-state index in [0.717, 1.165) is 0 Å². The molecule has 1 aromatic rings. The summed E-state index contributed by atoms with van der Waals surface area (Å²) in [6, 6.07) is 4.71. The first-order chi connectivity index (χ1) is 6.36. The van der Waals surface area contributed by atoms with Gasteiger partial charge in [0, 0.05) is 15.6 Å². The largest absolute Gasteiger partial charge is 0.262 e. The summed E-state index contributed by atoms with van der Waals surface area (Å²) in [6.45, 7) is 1.70. The summed E-state index contributed by atoms with van der Waals surface area (Å²) in [5.41, 5.74) is 0.669. The topological polar surface area (TPSA) is 57.9 Å². The van der Waals surface area contributed by atoms with Crippen molar-refractivity contribution in [2.45, 2.75) is 16.7 Å². The van der Waals surface area contributed by atoms with Gasteiger partial charge >= 0.3 is 0 Å². The number of rotatable bonds is 1. The molecule has 0 aliphatic carbocycles. The number of hydrogen-bond donors (Lipinski definition) is 1. The molecule has 0 spiro atoms. The van der Waals surface area contributed by atoms with Gasteiger partial charge in [-0.05, 0) is 24.6 Å². The monoisotopic (exact) mass is 247 g/mol. The van der Waals surface area contributed by atoms with E-state index >= 15 is 0 Å². The smallest absolute Gasteiger partial charge is 0.207 e. The van der Waals surface area contributed by atoms with E-state index in [1.807, 2.05) is 0 Å². The Morgan fingerprint density at radius 1 is 1.50 bits per heavy atom. The van der Waals surface area contributed by atoms with E-state index in [0.29, 0.717) is 10.5 Å². The van der Waals surface area contributed by atoms with E-state index in [9.17, 15) is 8.42 Å². The van der Waals surface area contributed by atoms with Crippen molar-refractivity contribution in [2.24, 2.45) is 0 Å². The summed E-state index contributed by atoms with van der Waals surface area (Å²) in [6.07, 6.45) is 0. The third-order valence-corrected chi connectivity index (χ3v) is 3.30. The van der Waals surface area contributed by atoms with Crippen LogP contribution >= 0.6 is 23.3 Å². The molecule has 0 aromatic heterocycles. The quantitative estimate of drug-likeness (QED) is 0.611. The van der Waals surface area contributed by atoms with Crippen LogP contribution in [0.1, 0.15) is 11.1 Å². The zero-order valence-corrected chi connectivity index (χ0v) is 9.62. The predicted octanol–water partition coefficient (Wildman–Crippen LogP) is 2.08. The molecule has 0 saturated carbocycles. The Morgan fingerprint density at radius 3 is 2.50 bits per heavy atom. The van der Waals surface area contributed by atoms with E-state index in [1.165, 1.54) is 6.07 Å². The molecular formula is C8H6ClNO2S2. The second-order valence-corrected chi connectivity index (χ2v) is 5.72. The molecule has 0 radical (unpaired) electrons. The fraction of sp³-hybridized carbons (Fsp3) is 0.125. The van der Waals surface area contributed by atoms with Crippen LogP contribution in [-0.2, 0) is 9.05 Å². The van der Waals surface area contributed by atoms with Gasteiger partial charge in [0.1, 0.15) is 11.0 Å². The van der Waals surface area contributed by atoms with Crippen LogP contribution in [-0.4, -0.2) is 8.42 Å². The molecule has 0 heterocycles. The van der Waals surface area contributed by atoms with Crippen LogP contribution in [0.4, 0.5) is 0 Å². The van der Waals surface area contributed by atoms with E-state index < -0.39 is 9.05 Å². The maximum Gasteiger partial charge on any atom is 0.262 e. The van der Waals surface area contributed by atoms with E-state index in [1.54, 1.807) is 19.1 Å². The van der Waals surface area contributed by atoms with Crippen LogP contribution in [0.25, 0.3) is 0 Å². The van der Waals surface area contributed by atoms with Gasteiger partial charge in [-0.2, -0.15) is 5.26 Å². The molecule has 0 fully saturated rings. The van der Waals surface area contributed by atoms with Crippen LogP contribution in [0, 0.1) is 18.3 Å². The number of benzene rings is 1. The SMILES string of the molecule is Cc1cc(S)c(C#N)c(S(=O)(=O)Cl)c1. The number of nitrogens with zero attached hydrogens (tertiary/aromatic N) is 1. The molecular weight excluding hydrogens is 242 g/mol. The summed E-state index contributed by atoms with van der Waals surface area (Å²) in [5.74, 6) is 0. The fourth-order valence-electron chi connectivity index (χ4n) is 1.04. The van der Waals surface area contributed by atoms with E-state index in [-0.39, 0.29) is 10.5 Å². The molecule has 74 valence electrons. The Hall–Kier alpha value is -0.700. The highest BCUT2D eigenvalue weighted by Crippen LogP contribution is 2.26. The molecule has 0 N–H and O–H groups in total. The van der Waals surface area contributed by atoms with Gasteiger partial charge in [0.25, 0.3) is 9.05 Å². The summed E-state index contributed by atoms with van der Waals surface area (Å²) in [7, 11) is 1.28. The lowest BCUT2D eigenvalue weighted by atomic mass is 10.2. The van der Waals surface area contributed by atoms with Gasteiger partial charge in [0.15, 0.2) is 0 Å². The summed E-state index contributed by atoms with van der Waals surface area (Å²) in [5, 5.41) is 8.73. The number of hydrogen-bond acceptors (Lipinski definition) is 4. The van der Waals surface area contributed by atoms with Crippen molar-refractivity contribution in [3.05, 3.63) is 23.3 Å². The molecule has 0 aliphatic rings. The minimum Gasteiger partial charge on any atom is -0.207 e.